The summed E-state index contributed by atoms with van der Waals surface area (Å²) >= 11 is 0. The fraction of sp³-hybridized carbons (Fsp3) is 0.211. The summed E-state index contributed by atoms with van der Waals surface area (Å²) in [5, 5.41) is 4.11. The van der Waals surface area contributed by atoms with Crippen LogP contribution in [-0.4, -0.2) is 31.6 Å². The number of halogens is 2. The quantitative estimate of drug-likeness (QED) is 0.727. The Morgan fingerprint density at radius 1 is 1.15 bits per heavy atom. The zero-order chi connectivity index (χ0) is 18.1. The molecule has 26 heavy (non-hydrogen) atoms. The van der Waals surface area contributed by atoms with E-state index in [0.717, 1.165) is 23.3 Å². The number of hydrogen-bond acceptors (Lipinski definition) is 3. The van der Waals surface area contributed by atoms with Crippen molar-refractivity contribution in [3.8, 4) is 0 Å². The number of benzene rings is 2. The molecule has 0 saturated carbocycles. The zero-order valence-corrected chi connectivity index (χ0v) is 13.8. The number of fused-ring (bicyclic) bond motifs is 1. The van der Waals surface area contributed by atoms with E-state index >= 15 is 0 Å². The summed E-state index contributed by atoms with van der Waals surface area (Å²) in [5.74, 6) is -2.02. The van der Waals surface area contributed by atoms with Crippen molar-refractivity contribution >= 4 is 5.91 Å². The lowest BCUT2D eigenvalue weighted by Crippen LogP contribution is -2.46. The van der Waals surface area contributed by atoms with Crippen molar-refractivity contribution in [2.75, 3.05) is 0 Å². The molecule has 1 aliphatic heterocycles. The molecule has 0 radical (unpaired) electrons. The smallest absolute Gasteiger partial charge is 0.257 e. The van der Waals surface area contributed by atoms with Crippen LogP contribution in [0.4, 0.5) is 8.78 Å². The van der Waals surface area contributed by atoms with Crippen LogP contribution in [0.15, 0.2) is 55.1 Å². The van der Waals surface area contributed by atoms with Gasteiger partial charge in [0.05, 0.1) is 18.2 Å². The highest BCUT2D eigenvalue weighted by atomic mass is 19.1. The molecule has 0 spiro atoms. The predicted molar refractivity (Wildman–Crippen MR) is 90.2 cm³/mol. The third-order valence-corrected chi connectivity index (χ3v) is 4.64. The third kappa shape index (κ3) is 3.08. The number of rotatable bonds is 3. The van der Waals surface area contributed by atoms with Gasteiger partial charge in [0, 0.05) is 12.6 Å². The van der Waals surface area contributed by atoms with Crippen molar-refractivity contribution in [3.05, 3.63) is 83.4 Å². The molecule has 0 fully saturated rings. The Bertz CT molecular complexity index is 942. The van der Waals surface area contributed by atoms with E-state index in [1.807, 2.05) is 24.3 Å². The van der Waals surface area contributed by atoms with Gasteiger partial charge in [-0.1, -0.05) is 24.3 Å². The van der Waals surface area contributed by atoms with E-state index in [0.29, 0.717) is 19.5 Å². The number of aromatic nitrogens is 3. The average molecular weight is 354 g/mol. The fourth-order valence-electron chi connectivity index (χ4n) is 3.35. The van der Waals surface area contributed by atoms with E-state index in [2.05, 4.69) is 10.1 Å². The Balaban J connectivity index is 1.69. The van der Waals surface area contributed by atoms with E-state index in [1.54, 1.807) is 15.9 Å². The van der Waals surface area contributed by atoms with Gasteiger partial charge < -0.3 is 4.90 Å². The molecule has 3 aromatic rings. The van der Waals surface area contributed by atoms with Gasteiger partial charge in [-0.15, -0.1) is 0 Å². The van der Waals surface area contributed by atoms with Crippen LogP contribution in [0.2, 0.25) is 0 Å². The monoisotopic (exact) mass is 354 g/mol. The summed E-state index contributed by atoms with van der Waals surface area (Å²) in [5.41, 5.74) is 2.05. The normalized spacial score (nSPS) is 16.4. The van der Waals surface area contributed by atoms with Crippen LogP contribution < -0.4 is 0 Å². The Hall–Kier alpha value is -3.09. The highest BCUT2D eigenvalue weighted by Crippen LogP contribution is 2.26. The van der Waals surface area contributed by atoms with Gasteiger partial charge >= 0.3 is 0 Å². The molecule has 1 aromatic heterocycles. The Kier molecular flexibility index (Phi) is 4.20. The molecule has 1 unspecified atom stereocenters. The van der Waals surface area contributed by atoms with Crippen molar-refractivity contribution in [3.63, 3.8) is 0 Å². The molecule has 5 nitrogen and oxygen atoms in total. The molecule has 1 aliphatic rings. The van der Waals surface area contributed by atoms with Gasteiger partial charge in [-0.25, -0.2) is 13.8 Å². The molecule has 0 aliphatic carbocycles. The van der Waals surface area contributed by atoms with Gasteiger partial charge in [-0.3, -0.25) is 9.48 Å². The molecular formula is C19H16F2N4O. The molecule has 1 amide bonds. The summed E-state index contributed by atoms with van der Waals surface area (Å²) in [6, 6.07) is 10.7. The maximum Gasteiger partial charge on any atom is 0.257 e. The Morgan fingerprint density at radius 3 is 2.69 bits per heavy atom. The van der Waals surface area contributed by atoms with E-state index in [9.17, 15) is 13.6 Å². The Labute approximate surface area is 148 Å². The van der Waals surface area contributed by atoms with E-state index < -0.39 is 17.5 Å². The lowest BCUT2D eigenvalue weighted by atomic mass is 9.93. The first-order valence-electron chi connectivity index (χ1n) is 8.27. The second-order valence-corrected chi connectivity index (χ2v) is 6.30. The van der Waals surface area contributed by atoms with Crippen LogP contribution in [0.5, 0.6) is 0 Å². The topological polar surface area (TPSA) is 51.0 Å². The maximum atomic E-state index is 14.1. The average Bonchev–Trinajstić information content (AvgIpc) is 3.14. The van der Waals surface area contributed by atoms with Gasteiger partial charge in [0.1, 0.15) is 24.3 Å². The summed E-state index contributed by atoms with van der Waals surface area (Å²) in [6.45, 7) is 0.814. The molecular weight excluding hydrogens is 338 g/mol. The number of hydrogen-bond donors (Lipinski definition) is 0. The van der Waals surface area contributed by atoms with Gasteiger partial charge in [0.25, 0.3) is 5.91 Å². The lowest BCUT2D eigenvalue weighted by Gasteiger charge is -2.37. The minimum Gasteiger partial charge on any atom is -0.329 e. The molecule has 7 heteroatoms. The van der Waals surface area contributed by atoms with Crippen LogP contribution in [0.25, 0.3) is 0 Å². The van der Waals surface area contributed by atoms with Crippen LogP contribution in [-0.2, 0) is 19.5 Å². The molecule has 0 N–H and O–H groups in total. The molecule has 2 heterocycles. The maximum absolute atomic E-state index is 14.1. The molecule has 0 saturated heterocycles. The van der Waals surface area contributed by atoms with Crippen LogP contribution >= 0.6 is 0 Å². The summed E-state index contributed by atoms with van der Waals surface area (Å²) in [4.78, 5) is 18.6. The zero-order valence-electron chi connectivity index (χ0n) is 13.8. The predicted octanol–water partition coefficient (Wildman–Crippen LogP) is 2.82. The van der Waals surface area contributed by atoms with Crippen molar-refractivity contribution in [2.24, 2.45) is 0 Å². The highest BCUT2D eigenvalue weighted by Gasteiger charge is 2.32. The van der Waals surface area contributed by atoms with Crippen LogP contribution in [0, 0.1) is 11.6 Å². The summed E-state index contributed by atoms with van der Waals surface area (Å²) in [6.07, 6.45) is 3.65. The van der Waals surface area contributed by atoms with Crippen molar-refractivity contribution in [1.29, 1.82) is 0 Å². The van der Waals surface area contributed by atoms with E-state index in [4.69, 9.17) is 0 Å². The molecule has 2 aromatic carbocycles. The van der Waals surface area contributed by atoms with Crippen molar-refractivity contribution in [1.82, 2.24) is 19.7 Å². The van der Waals surface area contributed by atoms with Gasteiger partial charge in [-0.2, -0.15) is 5.10 Å². The number of nitrogens with zero attached hydrogens (tertiary/aromatic N) is 4. The second kappa shape index (κ2) is 6.67. The Morgan fingerprint density at radius 2 is 1.96 bits per heavy atom. The first-order valence-corrected chi connectivity index (χ1v) is 8.27. The summed E-state index contributed by atoms with van der Waals surface area (Å²) < 4.78 is 29.0. The molecule has 4 rings (SSSR count). The van der Waals surface area contributed by atoms with Crippen LogP contribution in [0.3, 0.4) is 0 Å². The molecule has 1 atom stereocenters. The van der Waals surface area contributed by atoms with E-state index in [1.165, 1.54) is 12.4 Å². The lowest BCUT2D eigenvalue weighted by molar-refractivity contribution is 0.0609. The first kappa shape index (κ1) is 16.4. The van der Waals surface area contributed by atoms with Crippen molar-refractivity contribution in [2.45, 2.75) is 25.6 Å². The minimum atomic E-state index is -0.853. The van der Waals surface area contributed by atoms with Crippen LogP contribution in [0.1, 0.15) is 21.5 Å². The third-order valence-electron chi connectivity index (χ3n) is 4.64. The van der Waals surface area contributed by atoms with Crippen molar-refractivity contribution < 1.29 is 13.6 Å². The van der Waals surface area contributed by atoms with Gasteiger partial charge in [0.15, 0.2) is 0 Å². The molecule has 132 valence electrons. The SMILES string of the molecule is O=C(c1ccc(F)cc1F)N1Cc2ccccc2CC1Cn1cncn1. The largest absolute Gasteiger partial charge is 0.329 e. The number of carbonyl (C=O) groups excluding carboxylic acids is 1. The summed E-state index contributed by atoms with van der Waals surface area (Å²) in [7, 11) is 0. The standard InChI is InChI=1S/C19H16F2N4O/c20-15-5-6-17(18(21)8-15)19(26)25-9-14-4-2-1-3-13(14)7-16(25)10-24-12-22-11-23-24/h1-6,8,11-12,16H,7,9-10H2. The highest BCUT2D eigenvalue weighted by molar-refractivity contribution is 5.94. The van der Waals surface area contributed by atoms with E-state index in [-0.39, 0.29) is 11.6 Å². The first-order chi connectivity index (χ1) is 12.6. The van der Waals surface area contributed by atoms with Gasteiger partial charge in [-0.05, 0) is 29.7 Å². The molecule has 0 bridgehead atoms. The number of carbonyl (C=O) groups is 1. The number of amides is 1. The minimum absolute atomic E-state index is 0.130. The fourth-order valence-corrected chi connectivity index (χ4v) is 3.35. The second-order valence-electron chi connectivity index (χ2n) is 6.30. The van der Waals surface area contributed by atoms with Gasteiger partial charge in [0.2, 0.25) is 0 Å².